The van der Waals surface area contributed by atoms with Crippen molar-refractivity contribution < 1.29 is 14.3 Å². The fourth-order valence-electron chi connectivity index (χ4n) is 1.70. The number of amides is 2. The van der Waals surface area contributed by atoms with E-state index in [1.165, 1.54) is 0 Å². The van der Waals surface area contributed by atoms with Crippen LogP contribution >= 0.6 is 0 Å². The number of carbonyl (C=O) groups excluding carboxylic acids is 1. The Bertz CT molecular complexity index is 597. The Hall–Kier alpha value is -2.69. The normalized spacial score (nSPS) is 9.81. The second kappa shape index (κ2) is 7.19. The van der Waals surface area contributed by atoms with E-state index in [9.17, 15) is 4.79 Å². The summed E-state index contributed by atoms with van der Waals surface area (Å²) >= 11 is 0. The Labute approximate surface area is 123 Å². The molecule has 2 rings (SSSR count). The fraction of sp³-hybridized carbons (Fsp3) is 0.188. The highest BCUT2D eigenvalue weighted by atomic mass is 16.5. The van der Waals surface area contributed by atoms with Crippen LogP contribution in [-0.2, 0) is 0 Å². The second-order valence-electron chi connectivity index (χ2n) is 4.46. The molecule has 2 aromatic carbocycles. The zero-order valence-electron chi connectivity index (χ0n) is 12.1. The zero-order chi connectivity index (χ0) is 15.1. The summed E-state index contributed by atoms with van der Waals surface area (Å²) in [4.78, 5) is 11.7. The number of anilines is 1. The van der Waals surface area contributed by atoms with Crippen LogP contribution in [0.5, 0.6) is 11.5 Å². The third-order valence-corrected chi connectivity index (χ3v) is 2.82. The topological polar surface area (TPSA) is 59.6 Å². The summed E-state index contributed by atoms with van der Waals surface area (Å²) in [5, 5.41) is 5.32. The van der Waals surface area contributed by atoms with Crippen molar-refractivity contribution in [3.8, 4) is 11.5 Å². The lowest BCUT2D eigenvalue weighted by molar-refractivity contribution is 0.234. The number of urea groups is 1. The van der Waals surface area contributed by atoms with Crippen molar-refractivity contribution in [2.24, 2.45) is 0 Å². The maximum atomic E-state index is 11.7. The summed E-state index contributed by atoms with van der Waals surface area (Å²) in [7, 11) is 1.58. The average molecular weight is 286 g/mol. The lowest BCUT2D eigenvalue weighted by Gasteiger charge is -2.10. The molecule has 2 amide bonds. The number of rotatable bonds is 5. The van der Waals surface area contributed by atoms with Crippen molar-refractivity contribution in [3.63, 3.8) is 0 Å². The molecule has 0 bridgehead atoms. The van der Waals surface area contributed by atoms with Crippen molar-refractivity contribution in [1.82, 2.24) is 5.32 Å². The van der Waals surface area contributed by atoms with Gasteiger partial charge in [0.1, 0.15) is 11.5 Å². The van der Waals surface area contributed by atoms with Crippen LogP contribution in [0.1, 0.15) is 5.56 Å². The van der Waals surface area contributed by atoms with E-state index in [0.717, 1.165) is 5.56 Å². The number of hydrogen-bond donors (Lipinski definition) is 2. The minimum Gasteiger partial charge on any atom is -0.497 e. The smallest absolute Gasteiger partial charge is 0.321 e. The first-order valence-electron chi connectivity index (χ1n) is 6.56. The molecule has 21 heavy (non-hydrogen) atoms. The third kappa shape index (κ3) is 4.72. The van der Waals surface area contributed by atoms with Crippen LogP contribution in [0, 0.1) is 6.92 Å². The molecule has 0 spiro atoms. The molecule has 0 aliphatic carbocycles. The predicted octanol–water partition coefficient (Wildman–Crippen LogP) is 3.16. The van der Waals surface area contributed by atoms with Gasteiger partial charge < -0.3 is 20.1 Å². The van der Waals surface area contributed by atoms with Gasteiger partial charge in [-0.3, -0.25) is 0 Å². The minimum absolute atomic E-state index is 0.0961. The monoisotopic (exact) mass is 286 g/mol. The van der Waals surface area contributed by atoms with Crippen molar-refractivity contribution in [1.29, 1.82) is 0 Å². The van der Waals surface area contributed by atoms with E-state index in [1.807, 2.05) is 37.3 Å². The summed E-state index contributed by atoms with van der Waals surface area (Å²) in [5.41, 5.74) is 1.81. The summed E-state index contributed by atoms with van der Waals surface area (Å²) in [6, 6.07) is 14.4. The van der Waals surface area contributed by atoms with Crippen molar-refractivity contribution in [3.05, 3.63) is 54.1 Å². The molecule has 5 heteroatoms. The van der Waals surface area contributed by atoms with Crippen LogP contribution in [-0.4, -0.2) is 19.9 Å². The number of ether oxygens (including phenoxy) is 2. The van der Waals surface area contributed by atoms with E-state index in [4.69, 9.17) is 9.47 Å². The molecule has 0 unspecified atom stereocenters. The fourth-order valence-corrected chi connectivity index (χ4v) is 1.70. The number of aryl methyl sites for hydroxylation is 1. The SMILES string of the molecule is COc1cccc(NC(=O)NCOc2ccc(C)cc2)c1. The van der Waals surface area contributed by atoms with Gasteiger partial charge in [0, 0.05) is 11.8 Å². The van der Waals surface area contributed by atoms with Crippen LogP contribution in [0.25, 0.3) is 0 Å². The summed E-state index contributed by atoms with van der Waals surface area (Å²) in [6.45, 7) is 2.10. The molecule has 0 saturated heterocycles. The van der Waals surface area contributed by atoms with E-state index < -0.39 is 0 Å². The first-order valence-corrected chi connectivity index (χ1v) is 6.56. The van der Waals surface area contributed by atoms with Crippen molar-refractivity contribution in [2.75, 3.05) is 19.2 Å². The molecule has 0 atom stereocenters. The highest BCUT2D eigenvalue weighted by molar-refractivity contribution is 5.89. The van der Waals surface area contributed by atoms with Crippen molar-refractivity contribution >= 4 is 11.7 Å². The molecule has 0 fully saturated rings. The number of nitrogens with one attached hydrogen (secondary N) is 2. The Balaban J connectivity index is 1.78. The highest BCUT2D eigenvalue weighted by Gasteiger charge is 2.02. The van der Waals surface area contributed by atoms with Gasteiger partial charge in [-0.05, 0) is 31.2 Å². The lowest BCUT2D eigenvalue weighted by atomic mass is 10.2. The van der Waals surface area contributed by atoms with E-state index >= 15 is 0 Å². The molecule has 0 heterocycles. The van der Waals surface area contributed by atoms with Gasteiger partial charge in [0.25, 0.3) is 0 Å². The van der Waals surface area contributed by atoms with E-state index in [0.29, 0.717) is 17.2 Å². The molecule has 0 radical (unpaired) electrons. The maximum absolute atomic E-state index is 11.7. The Morgan fingerprint density at radius 3 is 2.57 bits per heavy atom. The molecule has 2 aromatic rings. The van der Waals surface area contributed by atoms with Crippen LogP contribution < -0.4 is 20.1 Å². The van der Waals surface area contributed by atoms with Gasteiger partial charge in [-0.1, -0.05) is 23.8 Å². The highest BCUT2D eigenvalue weighted by Crippen LogP contribution is 2.16. The Kier molecular flexibility index (Phi) is 5.04. The molecule has 0 aromatic heterocycles. The van der Waals surface area contributed by atoms with Crippen LogP contribution in [0.2, 0.25) is 0 Å². The van der Waals surface area contributed by atoms with Crippen LogP contribution in [0.15, 0.2) is 48.5 Å². The standard InChI is InChI=1S/C16H18N2O3/c1-12-6-8-14(9-7-12)21-11-17-16(19)18-13-4-3-5-15(10-13)20-2/h3-10H,11H2,1-2H3,(H2,17,18,19). The predicted molar refractivity (Wildman–Crippen MR) is 81.8 cm³/mol. The zero-order valence-corrected chi connectivity index (χ0v) is 12.1. The average Bonchev–Trinajstić information content (AvgIpc) is 2.49. The number of methoxy groups -OCH3 is 1. The molecule has 0 aliphatic rings. The molecular formula is C16H18N2O3. The van der Waals surface area contributed by atoms with Gasteiger partial charge in [0.15, 0.2) is 6.73 Å². The maximum Gasteiger partial charge on any atom is 0.321 e. The van der Waals surface area contributed by atoms with Gasteiger partial charge in [-0.25, -0.2) is 4.79 Å². The molecular weight excluding hydrogens is 268 g/mol. The van der Waals surface area contributed by atoms with E-state index in [2.05, 4.69) is 10.6 Å². The Morgan fingerprint density at radius 2 is 1.86 bits per heavy atom. The molecule has 0 saturated carbocycles. The summed E-state index contributed by atoms with van der Waals surface area (Å²) in [5.74, 6) is 1.39. The first kappa shape index (κ1) is 14.7. The quantitative estimate of drug-likeness (QED) is 0.830. The van der Waals surface area contributed by atoms with Crippen molar-refractivity contribution in [2.45, 2.75) is 6.92 Å². The Morgan fingerprint density at radius 1 is 1.10 bits per heavy atom. The molecule has 2 N–H and O–H groups in total. The number of carbonyl (C=O) groups is 1. The molecule has 5 nitrogen and oxygen atoms in total. The van der Waals surface area contributed by atoms with Crippen LogP contribution in [0.4, 0.5) is 10.5 Å². The van der Waals surface area contributed by atoms with Gasteiger partial charge in [0.05, 0.1) is 7.11 Å². The third-order valence-electron chi connectivity index (χ3n) is 2.82. The second-order valence-corrected chi connectivity index (χ2v) is 4.46. The van der Waals surface area contributed by atoms with Gasteiger partial charge >= 0.3 is 6.03 Å². The van der Waals surface area contributed by atoms with Gasteiger partial charge in [-0.15, -0.1) is 0 Å². The summed E-state index contributed by atoms with van der Waals surface area (Å²) < 4.78 is 10.5. The first-order chi connectivity index (χ1) is 10.2. The number of benzene rings is 2. The summed E-state index contributed by atoms with van der Waals surface area (Å²) in [6.07, 6.45) is 0. The largest absolute Gasteiger partial charge is 0.497 e. The van der Waals surface area contributed by atoms with E-state index in [1.54, 1.807) is 25.3 Å². The van der Waals surface area contributed by atoms with Crippen LogP contribution in [0.3, 0.4) is 0 Å². The lowest BCUT2D eigenvalue weighted by Crippen LogP contribution is -2.31. The van der Waals surface area contributed by atoms with Gasteiger partial charge in [-0.2, -0.15) is 0 Å². The number of hydrogen-bond acceptors (Lipinski definition) is 3. The van der Waals surface area contributed by atoms with Gasteiger partial charge in [0.2, 0.25) is 0 Å². The van der Waals surface area contributed by atoms with E-state index in [-0.39, 0.29) is 12.8 Å². The molecule has 0 aliphatic heterocycles. The molecule has 110 valence electrons. The minimum atomic E-state index is -0.338.